The van der Waals surface area contributed by atoms with Gasteiger partial charge in [-0.2, -0.15) is 13.2 Å². The molecule has 0 fully saturated rings. The Morgan fingerprint density at radius 2 is 1.41 bits per heavy atom. The molecule has 0 aliphatic carbocycles. The van der Waals surface area contributed by atoms with Crippen LogP contribution in [0.15, 0.2) is 60.7 Å². The van der Waals surface area contributed by atoms with Crippen LogP contribution in [-0.4, -0.2) is 5.78 Å². The Hall–Kier alpha value is -2.95. The lowest BCUT2D eigenvalue weighted by molar-refractivity contribution is -0.137. The first-order chi connectivity index (χ1) is 15.0. The molecule has 3 rings (SSSR count). The second-order valence-corrected chi connectivity index (χ2v) is 8.68. The maximum atomic E-state index is 14.2. The first-order valence-electron chi connectivity index (χ1n) is 10.6. The first-order valence-corrected chi connectivity index (χ1v) is 10.6. The zero-order valence-corrected chi connectivity index (χ0v) is 18.6. The fourth-order valence-electron chi connectivity index (χ4n) is 3.82. The number of hydrogen-bond acceptors (Lipinski definition) is 1. The van der Waals surface area contributed by atoms with Gasteiger partial charge in [0.15, 0.2) is 0 Å². The molecule has 3 aromatic rings. The lowest BCUT2D eigenvalue weighted by Gasteiger charge is -2.19. The molecule has 0 saturated carbocycles. The summed E-state index contributed by atoms with van der Waals surface area (Å²) in [6, 6.07) is 15.4. The molecule has 1 nitrogen and oxygen atoms in total. The average Bonchev–Trinajstić information content (AvgIpc) is 2.73. The summed E-state index contributed by atoms with van der Waals surface area (Å²) in [5.74, 6) is -0.393. The molecule has 0 heterocycles. The van der Waals surface area contributed by atoms with Gasteiger partial charge < -0.3 is 0 Å². The van der Waals surface area contributed by atoms with Crippen molar-refractivity contribution >= 4 is 5.78 Å². The van der Waals surface area contributed by atoms with E-state index in [1.54, 1.807) is 26.0 Å². The monoisotopic (exact) mass is 442 g/mol. The third-order valence-electron chi connectivity index (χ3n) is 5.61. The molecular formula is C27H26F4O. The van der Waals surface area contributed by atoms with Crippen molar-refractivity contribution in [3.63, 3.8) is 0 Å². The van der Waals surface area contributed by atoms with Crippen LogP contribution in [0.5, 0.6) is 0 Å². The van der Waals surface area contributed by atoms with Crippen molar-refractivity contribution in [1.82, 2.24) is 0 Å². The number of hydrogen-bond donors (Lipinski definition) is 0. The van der Waals surface area contributed by atoms with E-state index in [1.165, 1.54) is 18.2 Å². The second-order valence-electron chi connectivity index (χ2n) is 8.68. The summed E-state index contributed by atoms with van der Waals surface area (Å²) in [4.78, 5) is 12.4. The quantitative estimate of drug-likeness (QED) is 0.352. The van der Waals surface area contributed by atoms with Gasteiger partial charge >= 0.3 is 6.18 Å². The molecule has 5 heteroatoms. The molecule has 0 bridgehead atoms. The number of ketones is 1. The normalized spacial score (nSPS) is 12.8. The number of halogens is 4. The van der Waals surface area contributed by atoms with Crippen LogP contribution in [-0.2, 0) is 11.0 Å². The SMILES string of the molecule is CC(=O)C(CC(C)C)c1cc(-c2ccc(C(F)(F)F)cc2)cc(-c2ccc(C)c(F)c2)c1. The van der Waals surface area contributed by atoms with Gasteiger partial charge in [0.2, 0.25) is 0 Å². The highest BCUT2D eigenvalue weighted by atomic mass is 19.4. The molecular weight excluding hydrogens is 416 g/mol. The average molecular weight is 442 g/mol. The molecule has 32 heavy (non-hydrogen) atoms. The van der Waals surface area contributed by atoms with Crippen LogP contribution in [0.4, 0.5) is 17.6 Å². The van der Waals surface area contributed by atoms with Crippen LogP contribution >= 0.6 is 0 Å². The molecule has 0 radical (unpaired) electrons. The van der Waals surface area contributed by atoms with Gasteiger partial charge in [-0.05, 0) is 83.8 Å². The van der Waals surface area contributed by atoms with Gasteiger partial charge in [-0.1, -0.05) is 50.2 Å². The third-order valence-corrected chi connectivity index (χ3v) is 5.61. The van der Waals surface area contributed by atoms with Crippen molar-refractivity contribution < 1.29 is 22.4 Å². The molecule has 0 spiro atoms. The molecule has 3 aromatic carbocycles. The van der Waals surface area contributed by atoms with Crippen molar-refractivity contribution in [2.75, 3.05) is 0 Å². The molecule has 0 aliphatic rings. The first kappa shape index (κ1) is 23.7. The summed E-state index contributed by atoms with van der Waals surface area (Å²) in [5.41, 5.74) is 3.22. The van der Waals surface area contributed by atoms with Gasteiger partial charge in [-0.25, -0.2) is 4.39 Å². The van der Waals surface area contributed by atoms with E-state index in [0.29, 0.717) is 34.2 Å². The summed E-state index contributed by atoms with van der Waals surface area (Å²) >= 11 is 0. The van der Waals surface area contributed by atoms with E-state index in [0.717, 1.165) is 17.7 Å². The summed E-state index contributed by atoms with van der Waals surface area (Å²) in [6.07, 6.45) is -3.77. The van der Waals surface area contributed by atoms with Gasteiger partial charge in [0.1, 0.15) is 11.6 Å². The summed E-state index contributed by atoms with van der Waals surface area (Å²) in [5, 5.41) is 0. The molecule has 0 saturated heterocycles. The van der Waals surface area contributed by atoms with E-state index in [1.807, 2.05) is 32.0 Å². The zero-order valence-electron chi connectivity index (χ0n) is 18.6. The third kappa shape index (κ3) is 5.45. The van der Waals surface area contributed by atoms with Gasteiger partial charge in [-0.15, -0.1) is 0 Å². The van der Waals surface area contributed by atoms with Crippen molar-refractivity contribution in [2.24, 2.45) is 5.92 Å². The van der Waals surface area contributed by atoms with E-state index in [9.17, 15) is 22.4 Å². The smallest absolute Gasteiger partial charge is 0.299 e. The highest BCUT2D eigenvalue weighted by Crippen LogP contribution is 2.36. The Bertz CT molecular complexity index is 1110. The minimum atomic E-state index is -4.41. The standard InChI is InChI=1S/C27H26F4O/c1-16(2)11-25(18(4)32)23-13-21(19-7-9-24(10-8-19)27(29,30)31)12-22(14-23)20-6-5-17(3)26(28)15-20/h5-10,12-16,25H,11H2,1-4H3. The molecule has 168 valence electrons. The molecule has 1 atom stereocenters. The van der Waals surface area contributed by atoms with E-state index in [4.69, 9.17) is 0 Å². The summed E-state index contributed by atoms with van der Waals surface area (Å²) in [7, 11) is 0. The van der Waals surface area contributed by atoms with E-state index >= 15 is 0 Å². The van der Waals surface area contributed by atoms with Gasteiger partial charge in [0, 0.05) is 5.92 Å². The van der Waals surface area contributed by atoms with Crippen LogP contribution in [0.3, 0.4) is 0 Å². The van der Waals surface area contributed by atoms with Crippen molar-refractivity contribution in [3.8, 4) is 22.3 Å². The number of rotatable bonds is 6. The summed E-state index contributed by atoms with van der Waals surface area (Å²) in [6.45, 7) is 7.29. The Kier molecular flexibility index (Phi) is 6.87. The maximum Gasteiger partial charge on any atom is 0.416 e. The van der Waals surface area contributed by atoms with E-state index < -0.39 is 11.7 Å². The molecule has 0 amide bonds. The van der Waals surface area contributed by atoms with Crippen LogP contribution in [0.2, 0.25) is 0 Å². The van der Waals surface area contributed by atoms with Crippen molar-refractivity contribution in [2.45, 2.75) is 46.2 Å². The topological polar surface area (TPSA) is 17.1 Å². The molecule has 0 aliphatic heterocycles. The predicted octanol–water partition coefficient (Wildman–Crippen LogP) is 8.21. The minimum absolute atomic E-state index is 0.0179. The van der Waals surface area contributed by atoms with Crippen LogP contribution in [0.25, 0.3) is 22.3 Å². The number of benzene rings is 3. The Labute approximate surface area is 186 Å². The predicted molar refractivity (Wildman–Crippen MR) is 120 cm³/mol. The fraction of sp³-hybridized carbons (Fsp3) is 0.296. The Morgan fingerprint density at radius 3 is 1.91 bits per heavy atom. The lowest BCUT2D eigenvalue weighted by Crippen LogP contribution is -2.12. The Morgan fingerprint density at radius 1 is 0.844 bits per heavy atom. The number of aryl methyl sites for hydroxylation is 1. The number of carbonyl (C=O) groups is 1. The zero-order chi connectivity index (χ0) is 23.6. The number of Topliss-reactive ketones (excluding diaryl/α,β-unsaturated/α-hetero) is 1. The molecule has 1 unspecified atom stereocenters. The van der Waals surface area contributed by atoms with Gasteiger partial charge in [0.25, 0.3) is 0 Å². The fourth-order valence-corrected chi connectivity index (χ4v) is 3.82. The Balaban J connectivity index is 2.17. The van der Waals surface area contributed by atoms with E-state index in [-0.39, 0.29) is 23.4 Å². The lowest BCUT2D eigenvalue weighted by atomic mass is 9.84. The van der Waals surface area contributed by atoms with Crippen molar-refractivity contribution in [3.05, 3.63) is 83.2 Å². The van der Waals surface area contributed by atoms with Crippen LogP contribution < -0.4 is 0 Å². The number of carbonyl (C=O) groups excluding carboxylic acids is 1. The molecule has 0 N–H and O–H groups in total. The maximum absolute atomic E-state index is 14.2. The largest absolute Gasteiger partial charge is 0.416 e. The summed E-state index contributed by atoms with van der Waals surface area (Å²) < 4.78 is 53.2. The van der Waals surface area contributed by atoms with Crippen molar-refractivity contribution in [1.29, 1.82) is 0 Å². The van der Waals surface area contributed by atoms with Gasteiger partial charge in [0.05, 0.1) is 5.56 Å². The highest BCUT2D eigenvalue weighted by molar-refractivity contribution is 5.85. The highest BCUT2D eigenvalue weighted by Gasteiger charge is 2.30. The second kappa shape index (κ2) is 9.27. The van der Waals surface area contributed by atoms with E-state index in [2.05, 4.69) is 0 Å². The molecule has 0 aromatic heterocycles. The van der Waals surface area contributed by atoms with Crippen LogP contribution in [0, 0.1) is 18.7 Å². The minimum Gasteiger partial charge on any atom is -0.299 e. The van der Waals surface area contributed by atoms with Gasteiger partial charge in [-0.3, -0.25) is 4.79 Å². The number of alkyl halides is 3. The van der Waals surface area contributed by atoms with Crippen LogP contribution in [0.1, 0.15) is 49.8 Å².